The minimum atomic E-state index is -1.39. The van der Waals surface area contributed by atoms with Crippen LogP contribution in [0.25, 0.3) is 0 Å². The van der Waals surface area contributed by atoms with E-state index >= 15 is 0 Å². The number of carbonyl (C=O) groups is 1. The molecule has 1 aliphatic heterocycles. The number of aliphatic hydroxyl groups is 1. The summed E-state index contributed by atoms with van der Waals surface area (Å²) < 4.78 is 0. The van der Waals surface area contributed by atoms with E-state index in [0.717, 1.165) is 5.69 Å². The maximum atomic E-state index is 12.9. The van der Waals surface area contributed by atoms with Crippen LogP contribution < -0.4 is 4.90 Å². The lowest BCUT2D eigenvalue weighted by Crippen LogP contribution is -2.47. The SMILES string of the molecule is C=C1C(=O)N(c2ccccc2)[C@H](C(C)C)[C@@]1(O)c1ccccc1. The molecule has 2 atom stereocenters. The third kappa shape index (κ3) is 2.28. The molecular weight excluding hydrogens is 286 g/mol. The number of para-hydroxylation sites is 1. The highest BCUT2D eigenvalue weighted by Gasteiger charge is 2.56. The Morgan fingerprint density at radius 2 is 1.57 bits per heavy atom. The Labute approximate surface area is 136 Å². The minimum Gasteiger partial charge on any atom is -0.378 e. The Hall–Kier alpha value is -2.39. The first-order valence-electron chi connectivity index (χ1n) is 7.83. The molecule has 3 nitrogen and oxygen atoms in total. The number of rotatable bonds is 3. The second-order valence-electron chi connectivity index (χ2n) is 6.31. The van der Waals surface area contributed by atoms with Crippen LogP contribution in [-0.2, 0) is 10.4 Å². The number of carbonyl (C=O) groups excluding carboxylic acids is 1. The van der Waals surface area contributed by atoms with Crippen LogP contribution in [0, 0.1) is 5.92 Å². The lowest BCUT2D eigenvalue weighted by Gasteiger charge is -2.36. The summed E-state index contributed by atoms with van der Waals surface area (Å²) in [5, 5.41) is 11.5. The zero-order valence-electron chi connectivity index (χ0n) is 13.4. The number of hydrogen-bond acceptors (Lipinski definition) is 2. The zero-order chi connectivity index (χ0) is 16.6. The van der Waals surface area contributed by atoms with Crippen molar-refractivity contribution in [2.75, 3.05) is 4.90 Å². The smallest absolute Gasteiger partial charge is 0.257 e. The van der Waals surface area contributed by atoms with E-state index in [1.54, 1.807) is 4.90 Å². The lowest BCUT2D eigenvalue weighted by atomic mass is 9.79. The standard InChI is InChI=1S/C20H21NO2/c1-14(2)18-20(23,16-10-6-4-7-11-16)15(3)19(22)21(18)17-12-8-5-9-13-17/h4-14,18,23H,3H2,1-2H3/t18-,20+/m1/s1. The second kappa shape index (κ2) is 5.67. The average Bonchev–Trinajstić information content (AvgIpc) is 2.79. The van der Waals surface area contributed by atoms with E-state index in [1.807, 2.05) is 74.5 Å². The quantitative estimate of drug-likeness (QED) is 0.882. The predicted octanol–water partition coefficient (Wildman–Crippen LogP) is 3.50. The highest BCUT2D eigenvalue weighted by Crippen LogP contribution is 2.46. The van der Waals surface area contributed by atoms with Gasteiger partial charge in [-0.05, 0) is 23.6 Å². The molecule has 1 aliphatic rings. The van der Waals surface area contributed by atoms with Gasteiger partial charge in [-0.2, -0.15) is 0 Å². The van der Waals surface area contributed by atoms with Crippen molar-refractivity contribution in [2.45, 2.75) is 25.5 Å². The molecule has 0 aliphatic carbocycles. The van der Waals surface area contributed by atoms with Gasteiger partial charge in [-0.1, -0.05) is 69.0 Å². The molecule has 0 unspecified atom stereocenters. The molecule has 0 saturated carbocycles. The van der Waals surface area contributed by atoms with E-state index in [-0.39, 0.29) is 17.4 Å². The van der Waals surface area contributed by atoms with Crippen LogP contribution in [0.2, 0.25) is 0 Å². The fourth-order valence-electron chi connectivity index (χ4n) is 3.48. The molecule has 118 valence electrons. The number of amides is 1. The molecule has 23 heavy (non-hydrogen) atoms. The Morgan fingerprint density at radius 1 is 1.04 bits per heavy atom. The fourth-order valence-corrected chi connectivity index (χ4v) is 3.48. The second-order valence-corrected chi connectivity index (χ2v) is 6.31. The summed E-state index contributed by atoms with van der Waals surface area (Å²) in [6, 6.07) is 18.4. The summed E-state index contributed by atoms with van der Waals surface area (Å²) in [4.78, 5) is 14.6. The highest BCUT2D eigenvalue weighted by atomic mass is 16.3. The minimum absolute atomic E-state index is 0.0589. The zero-order valence-corrected chi connectivity index (χ0v) is 13.4. The van der Waals surface area contributed by atoms with E-state index in [9.17, 15) is 9.90 Å². The van der Waals surface area contributed by atoms with E-state index in [4.69, 9.17) is 0 Å². The van der Waals surface area contributed by atoms with Gasteiger partial charge >= 0.3 is 0 Å². The molecule has 1 N–H and O–H groups in total. The fraction of sp³-hybridized carbons (Fsp3) is 0.250. The van der Waals surface area contributed by atoms with Gasteiger partial charge in [0.1, 0.15) is 5.60 Å². The number of hydrogen-bond donors (Lipinski definition) is 1. The Morgan fingerprint density at radius 3 is 2.09 bits per heavy atom. The molecule has 0 aromatic heterocycles. The van der Waals surface area contributed by atoms with Crippen LogP contribution in [0.1, 0.15) is 19.4 Å². The van der Waals surface area contributed by atoms with Gasteiger partial charge < -0.3 is 10.0 Å². The molecule has 1 fully saturated rings. The predicted molar refractivity (Wildman–Crippen MR) is 92.0 cm³/mol. The third-order valence-electron chi connectivity index (χ3n) is 4.52. The van der Waals surface area contributed by atoms with Crippen molar-refractivity contribution in [3.05, 3.63) is 78.4 Å². The van der Waals surface area contributed by atoms with Crippen molar-refractivity contribution in [2.24, 2.45) is 5.92 Å². The molecule has 2 aromatic rings. The highest BCUT2D eigenvalue weighted by molar-refractivity contribution is 6.10. The Balaban J connectivity index is 2.18. The van der Waals surface area contributed by atoms with Crippen LogP contribution in [0.4, 0.5) is 5.69 Å². The van der Waals surface area contributed by atoms with E-state index in [2.05, 4.69) is 6.58 Å². The third-order valence-corrected chi connectivity index (χ3v) is 4.52. The normalized spacial score (nSPS) is 24.5. The average molecular weight is 307 g/mol. The number of benzene rings is 2. The number of anilines is 1. The van der Waals surface area contributed by atoms with Crippen LogP contribution in [0.3, 0.4) is 0 Å². The molecule has 0 radical (unpaired) electrons. The lowest BCUT2D eigenvalue weighted by molar-refractivity contribution is -0.114. The van der Waals surface area contributed by atoms with Crippen LogP contribution in [-0.4, -0.2) is 17.1 Å². The monoisotopic (exact) mass is 307 g/mol. The summed E-state index contributed by atoms with van der Waals surface area (Å²) in [5.74, 6) is -0.162. The van der Waals surface area contributed by atoms with Gasteiger partial charge in [-0.25, -0.2) is 0 Å². The Bertz CT molecular complexity index is 724. The summed E-state index contributed by atoms with van der Waals surface area (Å²) in [5.41, 5.74) is 0.327. The molecule has 0 bridgehead atoms. The maximum Gasteiger partial charge on any atom is 0.257 e. The van der Waals surface area contributed by atoms with Crippen LogP contribution >= 0.6 is 0 Å². The van der Waals surface area contributed by atoms with Gasteiger partial charge in [0, 0.05) is 11.3 Å². The van der Waals surface area contributed by atoms with Crippen molar-refractivity contribution in [3.63, 3.8) is 0 Å². The molecule has 1 amide bonds. The largest absolute Gasteiger partial charge is 0.378 e. The van der Waals surface area contributed by atoms with Gasteiger partial charge in [-0.15, -0.1) is 0 Å². The molecule has 3 rings (SSSR count). The van der Waals surface area contributed by atoms with Crippen molar-refractivity contribution in [3.8, 4) is 0 Å². The summed E-state index contributed by atoms with van der Waals surface area (Å²) in [6.07, 6.45) is 0. The van der Waals surface area contributed by atoms with Crippen molar-refractivity contribution in [1.29, 1.82) is 0 Å². The van der Waals surface area contributed by atoms with Crippen molar-refractivity contribution >= 4 is 11.6 Å². The number of nitrogens with zero attached hydrogens (tertiary/aromatic N) is 1. The summed E-state index contributed by atoms with van der Waals surface area (Å²) in [6.45, 7) is 7.96. The first-order chi connectivity index (χ1) is 11.0. The van der Waals surface area contributed by atoms with E-state index in [0.29, 0.717) is 5.56 Å². The van der Waals surface area contributed by atoms with Crippen molar-refractivity contribution < 1.29 is 9.90 Å². The maximum absolute atomic E-state index is 12.9. The van der Waals surface area contributed by atoms with Crippen molar-refractivity contribution in [1.82, 2.24) is 0 Å². The van der Waals surface area contributed by atoms with Crippen LogP contribution in [0.15, 0.2) is 72.8 Å². The molecule has 2 aromatic carbocycles. The van der Waals surface area contributed by atoms with Gasteiger partial charge in [0.15, 0.2) is 0 Å². The van der Waals surface area contributed by atoms with Crippen LogP contribution in [0.5, 0.6) is 0 Å². The molecule has 0 spiro atoms. The first kappa shape index (κ1) is 15.5. The topological polar surface area (TPSA) is 40.5 Å². The Kier molecular flexibility index (Phi) is 3.82. The van der Waals surface area contributed by atoms with Gasteiger partial charge in [-0.3, -0.25) is 4.79 Å². The van der Waals surface area contributed by atoms with E-state index in [1.165, 1.54) is 0 Å². The molecule has 1 heterocycles. The van der Waals surface area contributed by atoms with Gasteiger partial charge in [0.05, 0.1) is 6.04 Å². The van der Waals surface area contributed by atoms with Gasteiger partial charge in [0.2, 0.25) is 0 Å². The van der Waals surface area contributed by atoms with E-state index < -0.39 is 11.6 Å². The summed E-state index contributed by atoms with van der Waals surface area (Å²) in [7, 11) is 0. The molecule has 3 heteroatoms. The summed E-state index contributed by atoms with van der Waals surface area (Å²) >= 11 is 0. The first-order valence-corrected chi connectivity index (χ1v) is 7.83. The molecule has 1 saturated heterocycles. The van der Waals surface area contributed by atoms with Gasteiger partial charge in [0.25, 0.3) is 5.91 Å². The molecular formula is C20H21NO2.